The van der Waals surface area contributed by atoms with Gasteiger partial charge in [0.15, 0.2) is 6.10 Å². The van der Waals surface area contributed by atoms with Crippen molar-refractivity contribution < 1.29 is 28.6 Å². The summed E-state index contributed by atoms with van der Waals surface area (Å²) in [5, 5.41) is 0. The number of unbranched alkanes of at least 4 members (excludes halogenated alkanes) is 33. The van der Waals surface area contributed by atoms with Gasteiger partial charge in [0.05, 0.1) is 0 Å². The Labute approximate surface area is 465 Å². The standard InChI is InChI=1S/C69H120O6/c1-4-7-10-13-16-19-22-24-25-26-27-28-29-30-31-32-33-34-35-36-37-38-39-40-41-42-43-45-47-50-53-56-59-62-68(71)74-65-66(64-73-67(70)61-58-55-52-49-46-21-18-15-12-9-6-3)75-69(72)63-60-57-54-51-48-44-23-20-17-14-11-8-5-2/h8,11,15,17-18,20,22,24,26-27,29-30,44,48,66H,4-7,9-10,12-14,16,19,21,23,25,28,31-43,45-47,49-65H2,1-3H3/b11-8-,18-15-,20-17-,24-22-,27-26-,30-29-,48-44-. The first kappa shape index (κ1) is 71.6. The van der Waals surface area contributed by atoms with Crippen LogP contribution in [0.1, 0.15) is 316 Å². The molecule has 6 nitrogen and oxygen atoms in total. The van der Waals surface area contributed by atoms with Crippen LogP contribution in [0.2, 0.25) is 0 Å². The van der Waals surface area contributed by atoms with Gasteiger partial charge in [-0.25, -0.2) is 0 Å². The molecule has 0 N–H and O–H groups in total. The van der Waals surface area contributed by atoms with E-state index in [1.807, 2.05) is 0 Å². The van der Waals surface area contributed by atoms with Gasteiger partial charge in [0.2, 0.25) is 0 Å². The fourth-order valence-corrected chi connectivity index (χ4v) is 9.03. The molecule has 0 heterocycles. The zero-order chi connectivity index (χ0) is 54.3. The summed E-state index contributed by atoms with van der Waals surface area (Å²) in [6, 6.07) is 0. The highest BCUT2D eigenvalue weighted by molar-refractivity contribution is 5.71. The summed E-state index contributed by atoms with van der Waals surface area (Å²) in [5.74, 6) is -0.921. The molecule has 6 heteroatoms. The molecule has 0 aliphatic carbocycles. The Bertz CT molecular complexity index is 1430. The Kier molecular flexibility index (Phi) is 60.3. The third-order valence-electron chi connectivity index (χ3n) is 13.9. The first-order valence-electron chi connectivity index (χ1n) is 32.1. The fourth-order valence-electron chi connectivity index (χ4n) is 9.03. The van der Waals surface area contributed by atoms with Crippen LogP contribution in [-0.2, 0) is 28.6 Å². The van der Waals surface area contributed by atoms with Gasteiger partial charge >= 0.3 is 17.9 Å². The third-order valence-corrected chi connectivity index (χ3v) is 13.9. The van der Waals surface area contributed by atoms with Crippen LogP contribution in [0.4, 0.5) is 0 Å². The van der Waals surface area contributed by atoms with Gasteiger partial charge in [0, 0.05) is 19.3 Å². The van der Waals surface area contributed by atoms with E-state index >= 15 is 0 Å². The van der Waals surface area contributed by atoms with E-state index in [-0.39, 0.29) is 31.1 Å². The molecular weight excluding hydrogens is 925 g/mol. The summed E-state index contributed by atoms with van der Waals surface area (Å²) in [6.07, 6.45) is 83.4. The van der Waals surface area contributed by atoms with Crippen molar-refractivity contribution in [1.29, 1.82) is 0 Å². The molecule has 0 radical (unpaired) electrons. The summed E-state index contributed by atoms with van der Waals surface area (Å²) in [6.45, 7) is 6.46. The van der Waals surface area contributed by atoms with Crippen molar-refractivity contribution in [3.63, 3.8) is 0 Å². The molecule has 0 bridgehead atoms. The van der Waals surface area contributed by atoms with Crippen LogP contribution < -0.4 is 0 Å². The minimum atomic E-state index is -0.793. The predicted molar refractivity (Wildman–Crippen MR) is 325 cm³/mol. The van der Waals surface area contributed by atoms with Gasteiger partial charge in [0.1, 0.15) is 13.2 Å². The van der Waals surface area contributed by atoms with E-state index in [1.54, 1.807) is 0 Å². The van der Waals surface area contributed by atoms with Gasteiger partial charge in [-0.15, -0.1) is 0 Å². The normalized spacial score (nSPS) is 12.6. The molecule has 0 saturated carbocycles. The largest absolute Gasteiger partial charge is 0.462 e. The third kappa shape index (κ3) is 61.3. The number of rotatable bonds is 58. The Morgan fingerprint density at radius 1 is 0.280 bits per heavy atom. The molecular formula is C69H120O6. The van der Waals surface area contributed by atoms with Crippen LogP contribution in [0.5, 0.6) is 0 Å². The van der Waals surface area contributed by atoms with Gasteiger partial charge in [0.25, 0.3) is 0 Å². The summed E-state index contributed by atoms with van der Waals surface area (Å²) in [7, 11) is 0. The average Bonchev–Trinajstić information content (AvgIpc) is 3.41. The van der Waals surface area contributed by atoms with Crippen molar-refractivity contribution in [2.24, 2.45) is 0 Å². The topological polar surface area (TPSA) is 78.9 Å². The van der Waals surface area contributed by atoms with Gasteiger partial charge < -0.3 is 14.2 Å². The number of carbonyl (C=O) groups is 3. The number of carbonyl (C=O) groups excluding carboxylic acids is 3. The highest BCUT2D eigenvalue weighted by Gasteiger charge is 2.19. The van der Waals surface area contributed by atoms with Crippen LogP contribution in [0, 0.1) is 0 Å². The van der Waals surface area contributed by atoms with Crippen LogP contribution in [-0.4, -0.2) is 37.2 Å². The highest BCUT2D eigenvalue weighted by Crippen LogP contribution is 2.17. The minimum absolute atomic E-state index is 0.0889. The minimum Gasteiger partial charge on any atom is -0.462 e. The smallest absolute Gasteiger partial charge is 0.306 e. The SMILES string of the molecule is CC/C=C\C/C=C\C/C=C\CCCCCC(=O)OC(COC(=O)CCCCCCC/C=C\CCCC)COC(=O)CCCCCCCCCCCCCCCCCCCC/C=C\C/C=C\C/C=C\CCCCCCC. The van der Waals surface area contributed by atoms with Crippen molar-refractivity contribution in [3.05, 3.63) is 85.1 Å². The zero-order valence-corrected chi connectivity index (χ0v) is 49.6. The second-order valence-corrected chi connectivity index (χ2v) is 21.3. The monoisotopic (exact) mass is 1040 g/mol. The Morgan fingerprint density at radius 2 is 0.533 bits per heavy atom. The lowest BCUT2D eigenvalue weighted by atomic mass is 10.0. The van der Waals surface area contributed by atoms with Crippen molar-refractivity contribution in [2.45, 2.75) is 322 Å². The highest BCUT2D eigenvalue weighted by atomic mass is 16.6. The van der Waals surface area contributed by atoms with Gasteiger partial charge in [-0.3, -0.25) is 14.4 Å². The molecule has 0 rings (SSSR count). The Balaban J connectivity index is 4.09. The fraction of sp³-hybridized carbons (Fsp3) is 0.754. The molecule has 0 fully saturated rings. The molecule has 0 amide bonds. The molecule has 0 aromatic carbocycles. The van der Waals surface area contributed by atoms with Crippen LogP contribution in [0.15, 0.2) is 85.1 Å². The first-order chi connectivity index (χ1) is 37.0. The molecule has 0 aromatic rings. The van der Waals surface area contributed by atoms with Crippen LogP contribution >= 0.6 is 0 Å². The molecule has 0 spiro atoms. The summed E-state index contributed by atoms with van der Waals surface area (Å²) < 4.78 is 16.8. The Hall–Kier alpha value is -3.41. The van der Waals surface area contributed by atoms with Crippen molar-refractivity contribution >= 4 is 17.9 Å². The van der Waals surface area contributed by atoms with Gasteiger partial charge in [-0.05, 0) is 109 Å². The number of hydrogen-bond donors (Lipinski definition) is 0. The van der Waals surface area contributed by atoms with E-state index in [0.29, 0.717) is 19.3 Å². The maximum Gasteiger partial charge on any atom is 0.306 e. The number of ether oxygens (including phenoxy) is 3. The zero-order valence-electron chi connectivity index (χ0n) is 49.6. The Morgan fingerprint density at radius 3 is 0.880 bits per heavy atom. The molecule has 432 valence electrons. The molecule has 75 heavy (non-hydrogen) atoms. The van der Waals surface area contributed by atoms with Crippen molar-refractivity contribution in [1.82, 2.24) is 0 Å². The summed E-state index contributed by atoms with van der Waals surface area (Å²) in [5.41, 5.74) is 0. The number of hydrogen-bond acceptors (Lipinski definition) is 6. The quantitative estimate of drug-likeness (QED) is 0.0261. The summed E-state index contributed by atoms with van der Waals surface area (Å²) in [4.78, 5) is 38.1. The molecule has 1 unspecified atom stereocenters. The second-order valence-electron chi connectivity index (χ2n) is 21.3. The van der Waals surface area contributed by atoms with Crippen LogP contribution in [0.3, 0.4) is 0 Å². The maximum atomic E-state index is 12.8. The maximum absolute atomic E-state index is 12.8. The average molecular weight is 1050 g/mol. The molecule has 1 atom stereocenters. The predicted octanol–water partition coefficient (Wildman–Crippen LogP) is 21.9. The van der Waals surface area contributed by atoms with Gasteiger partial charge in [-0.1, -0.05) is 273 Å². The lowest BCUT2D eigenvalue weighted by Crippen LogP contribution is -2.30. The first-order valence-corrected chi connectivity index (χ1v) is 32.1. The lowest BCUT2D eigenvalue weighted by molar-refractivity contribution is -0.167. The summed E-state index contributed by atoms with van der Waals surface area (Å²) >= 11 is 0. The molecule has 0 aliphatic rings. The van der Waals surface area contributed by atoms with E-state index < -0.39 is 6.10 Å². The van der Waals surface area contributed by atoms with Crippen molar-refractivity contribution in [2.75, 3.05) is 13.2 Å². The van der Waals surface area contributed by atoms with E-state index in [9.17, 15) is 14.4 Å². The molecule has 0 saturated heterocycles. The van der Waals surface area contributed by atoms with Gasteiger partial charge in [-0.2, -0.15) is 0 Å². The molecule has 0 aromatic heterocycles. The van der Waals surface area contributed by atoms with E-state index in [1.165, 1.54) is 173 Å². The van der Waals surface area contributed by atoms with Crippen molar-refractivity contribution in [3.8, 4) is 0 Å². The number of esters is 3. The second kappa shape index (κ2) is 63.1. The number of allylic oxidation sites excluding steroid dienone is 14. The lowest BCUT2D eigenvalue weighted by Gasteiger charge is -2.18. The van der Waals surface area contributed by atoms with E-state index in [2.05, 4.69) is 106 Å². The van der Waals surface area contributed by atoms with E-state index in [0.717, 1.165) is 103 Å². The van der Waals surface area contributed by atoms with E-state index in [4.69, 9.17) is 14.2 Å². The van der Waals surface area contributed by atoms with Crippen LogP contribution in [0.25, 0.3) is 0 Å². The molecule has 0 aliphatic heterocycles.